The van der Waals surface area contributed by atoms with Crippen LogP contribution in [0.25, 0.3) is 0 Å². The van der Waals surface area contributed by atoms with E-state index in [1.807, 2.05) is 0 Å². The maximum Gasteiger partial charge on any atom is 0.202 e. The lowest BCUT2D eigenvalue weighted by Crippen LogP contribution is -2.41. The van der Waals surface area contributed by atoms with Crippen molar-refractivity contribution >= 4 is 20.4 Å². The smallest absolute Gasteiger partial charge is 0.202 e. The molecular formula is C6H15NOSSi. The van der Waals surface area contributed by atoms with Gasteiger partial charge in [0.25, 0.3) is 0 Å². The molecule has 1 aliphatic heterocycles. The lowest BCUT2D eigenvalue weighted by atomic mass is 10.3. The van der Waals surface area contributed by atoms with Crippen LogP contribution in [0.1, 0.15) is 6.42 Å². The Kier molecular flexibility index (Phi) is 2.79. The summed E-state index contributed by atoms with van der Waals surface area (Å²) in [5, 5.41) is 3.85. The Morgan fingerprint density at radius 3 is 2.40 bits per heavy atom. The van der Waals surface area contributed by atoms with Crippen LogP contribution in [-0.2, 0) is 3.87 Å². The molecule has 1 fully saturated rings. The maximum atomic E-state index is 5.63. The topological polar surface area (TPSA) is 21.3 Å². The van der Waals surface area contributed by atoms with E-state index in [1.165, 1.54) is 6.42 Å². The van der Waals surface area contributed by atoms with Crippen molar-refractivity contribution in [2.24, 2.45) is 0 Å². The zero-order valence-electron chi connectivity index (χ0n) is 6.81. The summed E-state index contributed by atoms with van der Waals surface area (Å²) >= 11 is 1.62. The lowest BCUT2D eigenvalue weighted by molar-refractivity contribution is 0.468. The summed E-state index contributed by atoms with van der Waals surface area (Å²) in [4.78, 5) is 0. The standard InChI is InChI=1S/C6H15NOSSi/c1-10(2,3)8-9-6-4-5-7-6/h6-7H,4-5H2,1-3H3. The van der Waals surface area contributed by atoms with Crippen LogP contribution in [0.4, 0.5) is 0 Å². The molecule has 1 heterocycles. The van der Waals surface area contributed by atoms with Crippen LogP contribution in [0.15, 0.2) is 0 Å². The van der Waals surface area contributed by atoms with Gasteiger partial charge in [-0.05, 0) is 44.6 Å². The third-order valence-electron chi connectivity index (χ3n) is 1.19. The molecule has 0 aromatic heterocycles. The summed E-state index contributed by atoms with van der Waals surface area (Å²) in [5.74, 6) is 0. The van der Waals surface area contributed by atoms with Crippen molar-refractivity contribution in [3.05, 3.63) is 0 Å². The van der Waals surface area contributed by atoms with Crippen LogP contribution in [-0.4, -0.2) is 20.2 Å². The van der Waals surface area contributed by atoms with Gasteiger partial charge in [-0.25, -0.2) is 0 Å². The Labute approximate surface area is 68.1 Å². The molecule has 0 radical (unpaired) electrons. The molecule has 1 unspecified atom stereocenters. The fraction of sp³-hybridized carbons (Fsp3) is 1.00. The summed E-state index contributed by atoms with van der Waals surface area (Å²) < 4.78 is 5.63. The highest BCUT2D eigenvalue weighted by Crippen LogP contribution is 2.23. The number of hydrogen-bond acceptors (Lipinski definition) is 3. The molecule has 1 rings (SSSR count). The summed E-state index contributed by atoms with van der Waals surface area (Å²) in [6.07, 6.45) is 1.26. The number of hydrogen-bond donors (Lipinski definition) is 1. The van der Waals surface area contributed by atoms with E-state index in [9.17, 15) is 0 Å². The Morgan fingerprint density at radius 1 is 1.50 bits per heavy atom. The largest absolute Gasteiger partial charge is 0.356 e. The van der Waals surface area contributed by atoms with Crippen molar-refractivity contribution in [1.82, 2.24) is 5.32 Å². The molecule has 2 nitrogen and oxygen atoms in total. The van der Waals surface area contributed by atoms with Crippen molar-refractivity contribution < 1.29 is 3.87 Å². The molecule has 1 atom stereocenters. The first-order chi connectivity index (χ1) is 4.58. The highest BCUT2D eigenvalue weighted by molar-refractivity contribution is 7.96. The van der Waals surface area contributed by atoms with E-state index in [4.69, 9.17) is 3.87 Å². The Hall–Kier alpha value is 0.487. The molecule has 1 N–H and O–H groups in total. The fourth-order valence-electron chi connectivity index (χ4n) is 0.547. The first kappa shape index (κ1) is 8.58. The minimum absolute atomic E-state index is 0.576. The van der Waals surface area contributed by atoms with E-state index in [1.54, 1.807) is 12.0 Å². The third-order valence-corrected chi connectivity index (χ3v) is 4.21. The van der Waals surface area contributed by atoms with Crippen molar-refractivity contribution in [3.63, 3.8) is 0 Å². The normalized spacial score (nSPS) is 26.1. The van der Waals surface area contributed by atoms with Gasteiger partial charge < -0.3 is 9.19 Å². The quantitative estimate of drug-likeness (QED) is 0.525. The van der Waals surface area contributed by atoms with Gasteiger partial charge in [0, 0.05) is 0 Å². The summed E-state index contributed by atoms with van der Waals surface area (Å²) in [6, 6.07) is 0. The number of rotatable bonds is 3. The second-order valence-electron chi connectivity index (χ2n) is 3.52. The molecule has 0 aromatic rings. The molecular weight excluding hydrogens is 162 g/mol. The van der Waals surface area contributed by atoms with Crippen LogP contribution < -0.4 is 5.32 Å². The second-order valence-corrected chi connectivity index (χ2v) is 9.18. The summed E-state index contributed by atoms with van der Waals surface area (Å²) in [5.41, 5.74) is 0. The van der Waals surface area contributed by atoms with Gasteiger partial charge in [-0.15, -0.1) is 0 Å². The SMILES string of the molecule is C[Si](C)(C)OSC1CCN1. The average Bonchev–Trinajstić information content (AvgIpc) is 1.56. The molecule has 0 saturated carbocycles. The first-order valence-corrected chi connectivity index (χ1v) is 7.87. The van der Waals surface area contributed by atoms with Gasteiger partial charge in [-0.1, -0.05) is 0 Å². The predicted octanol–water partition coefficient (Wildman–Crippen LogP) is 1.81. The molecule has 0 spiro atoms. The average molecular weight is 177 g/mol. The minimum atomic E-state index is -1.28. The van der Waals surface area contributed by atoms with Crippen LogP contribution in [0.2, 0.25) is 19.6 Å². The zero-order valence-corrected chi connectivity index (χ0v) is 8.62. The van der Waals surface area contributed by atoms with Crippen LogP contribution in [0.5, 0.6) is 0 Å². The highest BCUT2D eigenvalue weighted by atomic mass is 32.2. The molecule has 0 aliphatic carbocycles. The van der Waals surface area contributed by atoms with E-state index in [-0.39, 0.29) is 0 Å². The minimum Gasteiger partial charge on any atom is -0.356 e. The van der Waals surface area contributed by atoms with Crippen LogP contribution >= 0.6 is 12.0 Å². The van der Waals surface area contributed by atoms with E-state index in [0.29, 0.717) is 5.37 Å². The van der Waals surface area contributed by atoms with E-state index < -0.39 is 8.32 Å². The molecule has 60 valence electrons. The summed E-state index contributed by atoms with van der Waals surface area (Å²) in [7, 11) is -1.28. The molecule has 10 heavy (non-hydrogen) atoms. The van der Waals surface area contributed by atoms with Crippen molar-refractivity contribution in [2.75, 3.05) is 6.54 Å². The van der Waals surface area contributed by atoms with E-state index >= 15 is 0 Å². The molecule has 0 bridgehead atoms. The third kappa shape index (κ3) is 3.05. The van der Waals surface area contributed by atoms with E-state index in [0.717, 1.165) is 6.54 Å². The maximum absolute atomic E-state index is 5.63. The molecule has 0 amide bonds. The fourth-order valence-corrected chi connectivity index (χ4v) is 2.57. The monoisotopic (exact) mass is 177 g/mol. The van der Waals surface area contributed by atoms with Gasteiger partial charge in [0.2, 0.25) is 8.32 Å². The Morgan fingerprint density at radius 2 is 2.10 bits per heavy atom. The molecule has 0 aromatic carbocycles. The molecule has 1 aliphatic rings. The molecule has 1 saturated heterocycles. The first-order valence-electron chi connectivity index (χ1n) is 3.66. The Balaban J connectivity index is 2.04. The Bertz CT molecular complexity index is 111. The molecule has 4 heteroatoms. The van der Waals surface area contributed by atoms with E-state index in [2.05, 4.69) is 25.0 Å². The van der Waals surface area contributed by atoms with Crippen molar-refractivity contribution in [3.8, 4) is 0 Å². The van der Waals surface area contributed by atoms with Gasteiger partial charge in [0.15, 0.2) is 0 Å². The predicted molar refractivity (Wildman–Crippen MR) is 48.4 cm³/mol. The van der Waals surface area contributed by atoms with Crippen molar-refractivity contribution in [2.45, 2.75) is 31.4 Å². The van der Waals surface area contributed by atoms with Gasteiger partial charge >= 0.3 is 0 Å². The van der Waals surface area contributed by atoms with Crippen LogP contribution in [0, 0.1) is 0 Å². The van der Waals surface area contributed by atoms with Gasteiger partial charge in [-0.2, -0.15) is 0 Å². The highest BCUT2D eigenvalue weighted by Gasteiger charge is 2.22. The number of nitrogens with one attached hydrogen (secondary N) is 1. The van der Waals surface area contributed by atoms with Crippen molar-refractivity contribution in [1.29, 1.82) is 0 Å². The van der Waals surface area contributed by atoms with Crippen LogP contribution in [0.3, 0.4) is 0 Å². The van der Waals surface area contributed by atoms with Gasteiger partial charge in [-0.3, -0.25) is 0 Å². The zero-order chi connectivity index (χ0) is 7.61. The van der Waals surface area contributed by atoms with Gasteiger partial charge in [0.1, 0.15) is 0 Å². The second kappa shape index (κ2) is 3.26. The lowest BCUT2D eigenvalue weighted by Gasteiger charge is -2.28. The summed E-state index contributed by atoms with van der Waals surface area (Å²) in [6.45, 7) is 7.78. The van der Waals surface area contributed by atoms with Gasteiger partial charge in [0.05, 0.1) is 5.37 Å².